The number of fused-ring (bicyclic) bond motifs is 1. The maximum absolute atomic E-state index is 13.0. The van der Waals surface area contributed by atoms with Crippen molar-refractivity contribution in [1.29, 1.82) is 0 Å². The molecule has 1 saturated carbocycles. The van der Waals surface area contributed by atoms with E-state index >= 15 is 0 Å². The van der Waals surface area contributed by atoms with Gasteiger partial charge in [-0.2, -0.15) is 0 Å². The van der Waals surface area contributed by atoms with E-state index in [-0.39, 0.29) is 24.1 Å². The molecule has 1 heterocycles. The first-order valence-electron chi connectivity index (χ1n) is 21.2. The number of esters is 2. The lowest BCUT2D eigenvalue weighted by molar-refractivity contribution is -0.162. The lowest BCUT2D eigenvalue weighted by Crippen LogP contribution is -2.37. The number of hydrogen-bond donors (Lipinski definition) is 0. The highest BCUT2D eigenvalue weighted by molar-refractivity contribution is 5.82. The van der Waals surface area contributed by atoms with E-state index in [1.54, 1.807) is 0 Å². The van der Waals surface area contributed by atoms with Crippen LogP contribution in [0, 0.1) is 11.8 Å². The first-order valence-corrected chi connectivity index (χ1v) is 21.2. The Kier molecular flexibility index (Phi) is 26.7. The third-order valence-electron chi connectivity index (χ3n) is 10.7. The Morgan fingerprint density at radius 1 is 0.404 bits per heavy atom. The third-order valence-corrected chi connectivity index (χ3v) is 10.7. The maximum Gasteiger partial charge on any atom is 0.309 e. The molecule has 2 rings (SSSR count). The molecule has 1 saturated heterocycles. The molecule has 47 heavy (non-hydrogen) atoms. The summed E-state index contributed by atoms with van der Waals surface area (Å²) in [5, 5.41) is 0. The summed E-state index contributed by atoms with van der Waals surface area (Å²) < 4.78 is 17.0. The molecule has 4 unspecified atom stereocenters. The average molecular weight is 663 g/mol. The van der Waals surface area contributed by atoms with E-state index in [0.29, 0.717) is 26.1 Å². The largest absolute Gasteiger partial charge is 0.465 e. The van der Waals surface area contributed by atoms with Crippen molar-refractivity contribution in [1.82, 2.24) is 0 Å². The van der Waals surface area contributed by atoms with E-state index < -0.39 is 11.8 Å². The number of rotatable bonds is 34. The molecule has 0 aromatic carbocycles. The average Bonchev–Trinajstić information content (AvgIpc) is 3.86. The monoisotopic (exact) mass is 663 g/mol. The molecule has 276 valence electrons. The third kappa shape index (κ3) is 22.3. The Balaban J connectivity index is 1.41. The minimum absolute atomic E-state index is 0.123. The quantitative estimate of drug-likeness (QED) is 0.0390. The zero-order chi connectivity index (χ0) is 33.6. The van der Waals surface area contributed by atoms with Crippen molar-refractivity contribution in [2.75, 3.05) is 13.2 Å². The molecule has 5 nitrogen and oxygen atoms in total. The molecule has 0 N–H and O–H groups in total. The number of ether oxygens (including phenoxy) is 3. The first kappa shape index (κ1) is 42.1. The van der Waals surface area contributed by atoms with Crippen molar-refractivity contribution < 1.29 is 23.8 Å². The molecule has 0 aromatic rings. The molecular formula is C42H78O5. The normalized spacial score (nSPS) is 20.2. The van der Waals surface area contributed by atoms with E-state index in [2.05, 4.69) is 13.8 Å². The standard InChI is InChI=1S/C42H78O5/c1-3-5-7-9-11-13-15-17-19-21-23-25-27-29-31-33-45-41(43)37-35-39-40(47-39)36-38(37)42(44)46-34-32-30-28-26-24-22-20-18-16-14-12-10-8-6-4-2/h37-40H,3-36H2,1-2H3. The zero-order valence-corrected chi connectivity index (χ0v) is 31.4. The molecule has 2 fully saturated rings. The summed E-state index contributed by atoms with van der Waals surface area (Å²) in [4.78, 5) is 25.9. The van der Waals surface area contributed by atoms with E-state index in [1.807, 2.05) is 0 Å². The van der Waals surface area contributed by atoms with Crippen LogP contribution < -0.4 is 0 Å². The van der Waals surface area contributed by atoms with Crippen LogP contribution in [0.4, 0.5) is 0 Å². The molecule has 4 atom stereocenters. The van der Waals surface area contributed by atoms with Gasteiger partial charge in [-0.3, -0.25) is 9.59 Å². The van der Waals surface area contributed by atoms with Crippen LogP contribution in [0.1, 0.15) is 219 Å². The van der Waals surface area contributed by atoms with Gasteiger partial charge in [0.1, 0.15) is 0 Å². The van der Waals surface area contributed by atoms with Crippen molar-refractivity contribution in [3.63, 3.8) is 0 Å². The van der Waals surface area contributed by atoms with Crippen molar-refractivity contribution >= 4 is 11.9 Å². The van der Waals surface area contributed by atoms with E-state index in [9.17, 15) is 9.59 Å². The van der Waals surface area contributed by atoms with Gasteiger partial charge in [-0.05, 0) is 25.7 Å². The summed E-state index contributed by atoms with van der Waals surface area (Å²) in [5.74, 6) is -1.27. The highest BCUT2D eigenvalue weighted by atomic mass is 16.6. The van der Waals surface area contributed by atoms with Crippen LogP contribution in [0.2, 0.25) is 0 Å². The number of epoxide rings is 1. The van der Waals surface area contributed by atoms with Crippen molar-refractivity contribution in [3.8, 4) is 0 Å². The number of hydrogen-bond acceptors (Lipinski definition) is 5. The van der Waals surface area contributed by atoms with Crippen LogP contribution in [0.25, 0.3) is 0 Å². The first-order chi connectivity index (χ1) is 23.2. The minimum Gasteiger partial charge on any atom is -0.465 e. The molecule has 2 aliphatic rings. The highest BCUT2D eigenvalue weighted by Gasteiger charge is 2.53. The molecule has 1 aliphatic heterocycles. The Morgan fingerprint density at radius 3 is 0.894 bits per heavy atom. The van der Waals surface area contributed by atoms with Crippen LogP contribution in [0.3, 0.4) is 0 Å². The highest BCUT2D eigenvalue weighted by Crippen LogP contribution is 2.44. The van der Waals surface area contributed by atoms with Gasteiger partial charge in [-0.1, -0.05) is 194 Å². The van der Waals surface area contributed by atoms with Crippen LogP contribution in [0.5, 0.6) is 0 Å². The molecule has 0 spiro atoms. The predicted octanol–water partition coefficient (Wildman–Crippen LogP) is 12.6. The second-order valence-electron chi connectivity index (χ2n) is 15.1. The predicted molar refractivity (Wildman–Crippen MR) is 197 cm³/mol. The van der Waals surface area contributed by atoms with Gasteiger partial charge in [0.25, 0.3) is 0 Å². The van der Waals surface area contributed by atoms with Gasteiger partial charge in [0, 0.05) is 0 Å². The second-order valence-corrected chi connectivity index (χ2v) is 15.1. The SMILES string of the molecule is CCCCCCCCCCCCCCCCCOC(=O)C1CC2OC2CC1C(=O)OCCCCCCCCCCCCCCCCC. The van der Waals surface area contributed by atoms with E-state index in [4.69, 9.17) is 14.2 Å². The number of unbranched alkanes of at least 4 members (excludes halogenated alkanes) is 28. The fraction of sp³-hybridized carbons (Fsp3) is 0.952. The van der Waals surface area contributed by atoms with Crippen LogP contribution >= 0.6 is 0 Å². The molecular weight excluding hydrogens is 584 g/mol. The van der Waals surface area contributed by atoms with Gasteiger partial charge >= 0.3 is 11.9 Å². The summed E-state index contributed by atoms with van der Waals surface area (Å²) in [6.07, 6.45) is 41.0. The zero-order valence-electron chi connectivity index (χ0n) is 31.4. The molecule has 0 radical (unpaired) electrons. The lowest BCUT2D eigenvalue weighted by Gasteiger charge is -2.26. The minimum atomic E-state index is -0.413. The summed E-state index contributed by atoms with van der Waals surface area (Å²) in [6, 6.07) is 0. The van der Waals surface area contributed by atoms with Crippen molar-refractivity contribution in [2.24, 2.45) is 11.8 Å². The topological polar surface area (TPSA) is 65.1 Å². The van der Waals surface area contributed by atoms with Gasteiger partial charge in [-0.25, -0.2) is 0 Å². The maximum atomic E-state index is 13.0. The fourth-order valence-electron chi connectivity index (χ4n) is 7.45. The summed E-state index contributed by atoms with van der Waals surface area (Å²) in [6.45, 7) is 5.48. The fourth-order valence-corrected chi connectivity index (χ4v) is 7.45. The number of carbonyl (C=O) groups is 2. The summed E-state index contributed by atoms with van der Waals surface area (Å²) >= 11 is 0. The van der Waals surface area contributed by atoms with Crippen LogP contribution in [-0.4, -0.2) is 37.4 Å². The Hall–Kier alpha value is -1.10. The second kappa shape index (κ2) is 29.8. The van der Waals surface area contributed by atoms with Crippen molar-refractivity contribution in [2.45, 2.75) is 232 Å². The van der Waals surface area contributed by atoms with Crippen LogP contribution in [0.15, 0.2) is 0 Å². The molecule has 1 aliphatic carbocycles. The Morgan fingerprint density at radius 2 is 0.638 bits per heavy atom. The van der Waals surface area contributed by atoms with Gasteiger partial charge in [0.15, 0.2) is 0 Å². The molecule has 0 bridgehead atoms. The van der Waals surface area contributed by atoms with Crippen molar-refractivity contribution in [3.05, 3.63) is 0 Å². The summed E-state index contributed by atoms with van der Waals surface area (Å²) in [5.41, 5.74) is 0. The van der Waals surface area contributed by atoms with Gasteiger partial charge in [-0.15, -0.1) is 0 Å². The van der Waals surface area contributed by atoms with E-state index in [0.717, 1.165) is 25.7 Å². The van der Waals surface area contributed by atoms with E-state index in [1.165, 1.54) is 167 Å². The van der Waals surface area contributed by atoms with Gasteiger partial charge in [0.2, 0.25) is 0 Å². The number of carbonyl (C=O) groups excluding carboxylic acids is 2. The summed E-state index contributed by atoms with van der Waals surface area (Å²) in [7, 11) is 0. The molecule has 0 amide bonds. The lowest BCUT2D eigenvalue weighted by atomic mass is 9.79. The van der Waals surface area contributed by atoms with Crippen LogP contribution in [-0.2, 0) is 23.8 Å². The van der Waals surface area contributed by atoms with Gasteiger partial charge < -0.3 is 14.2 Å². The Labute approximate surface area is 291 Å². The molecule has 5 heteroatoms. The smallest absolute Gasteiger partial charge is 0.309 e. The molecule has 0 aromatic heterocycles. The van der Waals surface area contributed by atoms with Gasteiger partial charge in [0.05, 0.1) is 37.3 Å². The Bertz CT molecular complexity index is 679.